The highest BCUT2D eigenvalue weighted by Crippen LogP contribution is 2.25. The largest absolute Gasteiger partial charge is 0.488 e. The fourth-order valence-electron chi connectivity index (χ4n) is 3.84. The second kappa shape index (κ2) is 15.4. The summed E-state index contributed by atoms with van der Waals surface area (Å²) in [5.74, 6) is -1.02. The summed E-state index contributed by atoms with van der Waals surface area (Å²) in [5, 5.41) is 30.0. The maximum absolute atomic E-state index is 11.9. The van der Waals surface area contributed by atoms with Crippen LogP contribution >= 0.6 is 55.1 Å². The molecule has 6 rings (SSSR count). The lowest BCUT2D eigenvalue weighted by molar-refractivity contribution is 0.0587. The molecule has 2 aromatic carbocycles. The summed E-state index contributed by atoms with van der Waals surface area (Å²) in [6, 6.07) is 17.7. The van der Waals surface area contributed by atoms with Gasteiger partial charge in [0.1, 0.15) is 10.3 Å². The number of hydrogen-bond donors (Lipinski definition) is 3. The maximum atomic E-state index is 11.9. The highest BCUT2D eigenvalue weighted by Gasteiger charge is 2.19. The van der Waals surface area contributed by atoms with Crippen LogP contribution in [0.15, 0.2) is 82.0 Å². The summed E-state index contributed by atoms with van der Waals surface area (Å²) in [6.07, 6.45) is 3.00. The number of rotatable bonds is 4. The first kappa shape index (κ1) is 34.0. The lowest BCUT2D eigenvalue weighted by Gasteiger charge is -2.03. The number of pyridine rings is 2. The van der Waals surface area contributed by atoms with Crippen LogP contribution in [0.4, 0.5) is 0 Å². The standard InChI is InChI=1S/C14H9BrClN3O2.C8H6ClN3O2.C6H6BBrO2/c1-21-14(20)13-10-7-17-12(16)6-11(10)19(18-13)9-4-2-3-8(15)5-9;1-14-8(13)7-4-3-10-6(9)2-5(4)11-12-7;8-6-3-1-2-5(4-6)7(9)10/h2-7H,1H3;2-3H,1H3,(H,11,12);1-4,9-10H. The Hall–Kier alpha value is -3.86. The molecule has 4 aromatic heterocycles. The number of aromatic amines is 1. The van der Waals surface area contributed by atoms with Crippen molar-refractivity contribution >= 4 is 101 Å². The molecule has 0 saturated carbocycles. The zero-order valence-corrected chi connectivity index (χ0v) is 28.0. The lowest BCUT2D eigenvalue weighted by Crippen LogP contribution is -2.29. The van der Waals surface area contributed by atoms with E-state index in [4.69, 9.17) is 38.0 Å². The minimum absolute atomic E-state index is 0.205. The van der Waals surface area contributed by atoms with Crippen molar-refractivity contribution in [1.29, 1.82) is 0 Å². The molecule has 12 nitrogen and oxygen atoms in total. The molecule has 17 heteroatoms. The monoisotopic (exact) mass is 776 g/mol. The predicted molar refractivity (Wildman–Crippen MR) is 177 cm³/mol. The van der Waals surface area contributed by atoms with Crippen molar-refractivity contribution in [2.24, 2.45) is 0 Å². The second-order valence-electron chi connectivity index (χ2n) is 8.80. The van der Waals surface area contributed by atoms with Gasteiger partial charge in [0.25, 0.3) is 0 Å². The van der Waals surface area contributed by atoms with Crippen molar-refractivity contribution in [3.63, 3.8) is 0 Å². The van der Waals surface area contributed by atoms with E-state index in [9.17, 15) is 9.59 Å². The first-order valence-electron chi connectivity index (χ1n) is 12.6. The Bertz CT molecular complexity index is 1990. The average Bonchev–Trinajstić information content (AvgIpc) is 3.62. The topological polar surface area (TPSA) is 165 Å². The van der Waals surface area contributed by atoms with E-state index in [2.05, 4.69) is 61.9 Å². The number of esters is 2. The van der Waals surface area contributed by atoms with Crippen molar-refractivity contribution in [2.45, 2.75) is 0 Å². The molecule has 0 unspecified atom stereocenters. The quantitative estimate of drug-likeness (QED) is 0.124. The Morgan fingerprint density at radius 1 is 0.844 bits per heavy atom. The number of methoxy groups -OCH3 is 2. The second-order valence-corrected chi connectivity index (χ2v) is 11.4. The SMILES string of the molecule is COC(=O)c1n[nH]c2cc(Cl)ncc12.COC(=O)c1nn(-c2cccc(Br)c2)c2cc(Cl)ncc12.OB(O)c1cccc(Br)c1. The van der Waals surface area contributed by atoms with Crippen molar-refractivity contribution in [2.75, 3.05) is 14.2 Å². The van der Waals surface area contributed by atoms with Gasteiger partial charge in [0.15, 0.2) is 11.4 Å². The third kappa shape index (κ3) is 8.45. The first-order chi connectivity index (χ1) is 21.5. The number of fused-ring (bicyclic) bond motifs is 2. The molecular formula is C28H21BBr2Cl2N6O6. The van der Waals surface area contributed by atoms with Crippen LogP contribution in [0.5, 0.6) is 0 Å². The fraction of sp³-hybridized carbons (Fsp3) is 0.0714. The number of carbonyl (C=O) groups excluding carboxylic acids is 2. The molecule has 0 aliphatic rings. The van der Waals surface area contributed by atoms with Gasteiger partial charge in [0.05, 0.1) is 41.7 Å². The van der Waals surface area contributed by atoms with Crippen LogP contribution in [-0.4, -0.2) is 73.3 Å². The van der Waals surface area contributed by atoms with E-state index in [1.165, 1.54) is 26.6 Å². The molecule has 0 aliphatic heterocycles. The molecule has 230 valence electrons. The van der Waals surface area contributed by atoms with Crippen molar-refractivity contribution < 1.29 is 29.1 Å². The van der Waals surface area contributed by atoms with Crippen molar-refractivity contribution in [3.8, 4) is 5.69 Å². The summed E-state index contributed by atoms with van der Waals surface area (Å²) in [7, 11) is 1.24. The first-order valence-corrected chi connectivity index (χ1v) is 14.9. The molecule has 45 heavy (non-hydrogen) atoms. The van der Waals surface area contributed by atoms with Gasteiger partial charge < -0.3 is 19.5 Å². The van der Waals surface area contributed by atoms with Crippen LogP contribution in [0, 0.1) is 0 Å². The molecule has 4 heterocycles. The number of nitrogens with one attached hydrogen (secondary N) is 1. The minimum Gasteiger partial charge on any atom is -0.464 e. The number of benzene rings is 2. The smallest absolute Gasteiger partial charge is 0.464 e. The molecule has 0 saturated heterocycles. The Morgan fingerprint density at radius 3 is 2.04 bits per heavy atom. The summed E-state index contributed by atoms with van der Waals surface area (Å²) < 4.78 is 12.7. The number of halogens is 4. The molecule has 0 spiro atoms. The Morgan fingerprint density at radius 2 is 1.44 bits per heavy atom. The van der Waals surface area contributed by atoms with Crippen molar-refractivity contribution in [3.05, 3.63) is 104 Å². The normalized spacial score (nSPS) is 10.4. The van der Waals surface area contributed by atoms with Crippen LogP contribution in [0.1, 0.15) is 21.0 Å². The van der Waals surface area contributed by atoms with Gasteiger partial charge in [0.2, 0.25) is 0 Å². The van der Waals surface area contributed by atoms with Crippen LogP contribution < -0.4 is 5.46 Å². The number of ether oxygens (including phenoxy) is 2. The van der Waals surface area contributed by atoms with Crippen LogP contribution in [-0.2, 0) is 9.47 Å². The summed E-state index contributed by atoms with van der Waals surface area (Å²) in [6.45, 7) is 0. The summed E-state index contributed by atoms with van der Waals surface area (Å²) >= 11 is 18.2. The third-order valence-corrected chi connectivity index (χ3v) is 7.30. The Kier molecular flexibility index (Phi) is 11.7. The number of nitrogens with zero attached hydrogens (tertiary/aromatic N) is 5. The van der Waals surface area contributed by atoms with Gasteiger partial charge in [-0.15, -0.1) is 0 Å². The van der Waals surface area contributed by atoms with Gasteiger partial charge in [-0.3, -0.25) is 5.10 Å². The predicted octanol–water partition coefficient (Wildman–Crippen LogP) is 5.15. The van der Waals surface area contributed by atoms with E-state index < -0.39 is 19.1 Å². The molecule has 0 bridgehead atoms. The highest BCUT2D eigenvalue weighted by molar-refractivity contribution is 9.10. The molecule has 0 amide bonds. The zero-order chi connectivity index (χ0) is 32.7. The highest BCUT2D eigenvalue weighted by atomic mass is 79.9. The maximum Gasteiger partial charge on any atom is 0.488 e. The minimum atomic E-state index is -1.38. The number of carbonyl (C=O) groups is 2. The fourth-order valence-corrected chi connectivity index (χ4v) is 4.96. The van der Waals surface area contributed by atoms with Gasteiger partial charge in [-0.25, -0.2) is 24.2 Å². The summed E-state index contributed by atoms with van der Waals surface area (Å²) in [5.41, 5.74) is 3.06. The number of hydrogen-bond acceptors (Lipinski definition) is 10. The van der Waals surface area contributed by atoms with E-state index in [1.54, 1.807) is 35.0 Å². The van der Waals surface area contributed by atoms with E-state index in [1.807, 2.05) is 30.3 Å². The molecule has 6 aromatic rings. The van der Waals surface area contributed by atoms with Gasteiger partial charge in [0, 0.05) is 33.5 Å². The molecule has 3 N–H and O–H groups in total. The van der Waals surface area contributed by atoms with Gasteiger partial charge in [-0.2, -0.15) is 10.2 Å². The molecule has 0 atom stereocenters. The van der Waals surface area contributed by atoms with Gasteiger partial charge in [-0.05, 0) is 35.8 Å². The summed E-state index contributed by atoms with van der Waals surface area (Å²) in [4.78, 5) is 30.9. The van der Waals surface area contributed by atoms with E-state index >= 15 is 0 Å². The zero-order valence-electron chi connectivity index (χ0n) is 23.3. The molecular weight excluding hydrogens is 758 g/mol. The lowest BCUT2D eigenvalue weighted by atomic mass is 9.81. The molecule has 0 aliphatic carbocycles. The Labute approximate surface area is 282 Å². The van der Waals surface area contributed by atoms with Gasteiger partial charge >= 0.3 is 19.1 Å². The van der Waals surface area contributed by atoms with E-state index in [-0.39, 0.29) is 11.4 Å². The number of H-pyrrole nitrogens is 1. The third-order valence-electron chi connectivity index (χ3n) is 5.90. The van der Waals surface area contributed by atoms with Crippen molar-refractivity contribution in [1.82, 2.24) is 29.9 Å². The van der Waals surface area contributed by atoms with Gasteiger partial charge in [-0.1, -0.05) is 73.3 Å². The molecule has 0 fully saturated rings. The molecule has 0 radical (unpaired) electrons. The number of aromatic nitrogens is 6. The van der Waals surface area contributed by atoms with E-state index in [0.29, 0.717) is 37.6 Å². The van der Waals surface area contributed by atoms with E-state index in [0.717, 1.165) is 14.6 Å². The van der Waals surface area contributed by atoms with Crippen LogP contribution in [0.3, 0.4) is 0 Å². The van der Waals surface area contributed by atoms with Crippen LogP contribution in [0.25, 0.3) is 27.5 Å². The average molecular weight is 779 g/mol. The van der Waals surface area contributed by atoms with Crippen LogP contribution in [0.2, 0.25) is 10.3 Å². The Balaban J connectivity index is 0.000000166.